The first-order chi connectivity index (χ1) is 13.9. The van der Waals surface area contributed by atoms with Crippen LogP contribution < -0.4 is 0 Å². The van der Waals surface area contributed by atoms with Gasteiger partial charge in [0.25, 0.3) is 0 Å². The second-order valence-corrected chi connectivity index (χ2v) is 10.4. The van der Waals surface area contributed by atoms with E-state index in [0.717, 1.165) is 32.1 Å². The maximum atomic E-state index is 12.3. The van der Waals surface area contributed by atoms with Crippen LogP contribution in [0.1, 0.15) is 90.9 Å². The van der Waals surface area contributed by atoms with E-state index in [1.165, 1.54) is 0 Å². The summed E-state index contributed by atoms with van der Waals surface area (Å²) >= 11 is 1.62. The third-order valence-electron chi connectivity index (χ3n) is 6.09. The van der Waals surface area contributed by atoms with E-state index in [0.29, 0.717) is 31.4 Å². The summed E-state index contributed by atoms with van der Waals surface area (Å²) in [5, 5.41) is 19.4. The molecule has 1 fully saturated rings. The number of ketones is 1. The van der Waals surface area contributed by atoms with Crippen LogP contribution >= 0.6 is 11.8 Å². The number of alkyl halides is 3. The number of rotatable bonds is 15. The molecule has 0 aliphatic heterocycles. The number of carbonyl (C=O) groups excluding carboxylic acids is 1. The molecule has 0 heterocycles. The lowest BCUT2D eigenvalue weighted by Crippen LogP contribution is -2.32. The van der Waals surface area contributed by atoms with Gasteiger partial charge in [0.2, 0.25) is 0 Å². The Morgan fingerprint density at radius 1 is 1.10 bits per heavy atom. The second-order valence-electron chi connectivity index (χ2n) is 9.16. The van der Waals surface area contributed by atoms with Crippen molar-refractivity contribution in [2.24, 2.45) is 11.3 Å². The molecule has 30 heavy (non-hydrogen) atoms. The van der Waals surface area contributed by atoms with Gasteiger partial charge in [0.15, 0.2) is 0 Å². The van der Waals surface area contributed by atoms with Crippen LogP contribution in [-0.2, 0) is 9.59 Å². The summed E-state index contributed by atoms with van der Waals surface area (Å²) in [4.78, 5) is 22.8. The Hall–Kier alpha value is -0.760. The van der Waals surface area contributed by atoms with Crippen molar-refractivity contribution in [3.63, 3.8) is 0 Å². The molecule has 1 saturated carbocycles. The zero-order valence-electron chi connectivity index (χ0n) is 18.2. The summed E-state index contributed by atoms with van der Waals surface area (Å²) in [5.41, 5.74) is -0.457. The largest absolute Gasteiger partial charge is 0.481 e. The highest BCUT2D eigenvalue weighted by atomic mass is 32.2. The monoisotopic (exact) mass is 454 g/mol. The number of carboxylic acid groups (broad SMARTS) is 1. The lowest BCUT2D eigenvalue weighted by molar-refractivity contribution is -0.137. The molecular formula is C22H37F3O4S. The molecule has 0 radical (unpaired) electrons. The Bertz CT molecular complexity index is 537. The van der Waals surface area contributed by atoms with Crippen LogP contribution in [0, 0.1) is 11.3 Å². The molecule has 0 aromatic heterocycles. The quantitative estimate of drug-likeness (QED) is 0.297. The fourth-order valence-corrected chi connectivity index (χ4v) is 5.62. The van der Waals surface area contributed by atoms with Crippen LogP contribution in [0.5, 0.6) is 0 Å². The molecule has 1 aliphatic carbocycles. The topological polar surface area (TPSA) is 74.6 Å². The predicted molar refractivity (Wildman–Crippen MR) is 114 cm³/mol. The lowest BCUT2D eigenvalue weighted by Gasteiger charge is -2.31. The molecule has 0 aromatic carbocycles. The SMILES string of the molecule is CC(C)(CCCCC(F)(F)F)C(O)CSC1CCC(=O)C1CCCCCCC(=O)O. The summed E-state index contributed by atoms with van der Waals surface area (Å²) in [7, 11) is 0. The van der Waals surface area contributed by atoms with Gasteiger partial charge in [-0.05, 0) is 37.5 Å². The maximum absolute atomic E-state index is 12.3. The minimum Gasteiger partial charge on any atom is -0.481 e. The van der Waals surface area contributed by atoms with E-state index in [4.69, 9.17) is 5.11 Å². The van der Waals surface area contributed by atoms with E-state index >= 15 is 0 Å². The van der Waals surface area contributed by atoms with Crippen molar-refractivity contribution in [2.45, 2.75) is 108 Å². The number of hydrogen-bond acceptors (Lipinski definition) is 4. The van der Waals surface area contributed by atoms with E-state index < -0.39 is 30.1 Å². The van der Waals surface area contributed by atoms with E-state index in [9.17, 15) is 27.9 Å². The van der Waals surface area contributed by atoms with E-state index in [1.54, 1.807) is 11.8 Å². The highest BCUT2D eigenvalue weighted by Gasteiger charge is 2.36. The normalized spacial score (nSPS) is 21.2. The molecule has 0 saturated heterocycles. The molecule has 1 aliphatic rings. The summed E-state index contributed by atoms with van der Waals surface area (Å²) in [6.07, 6.45) is 1.23. The molecule has 3 unspecified atom stereocenters. The first-order valence-corrected chi connectivity index (χ1v) is 12.1. The van der Waals surface area contributed by atoms with Crippen LogP contribution in [0.2, 0.25) is 0 Å². The highest BCUT2D eigenvalue weighted by Crippen LogP contribution is 2.39. The molecule has 176 valence electrons. The summed E-state index contributed by atoms with van der Waals surface area (Å²) in [6.45, 7) is 3.78. The van der Waals surface area contributed by atoms with Gasteiger partial charge in [0.1, 0.15) is 5.78 Å². The van der Waals surface area contributed by atoms with Crippen LogP contribution in [0.4, 0.5) is 13.2 Å². The Morgan fingerprint density at radius 3 is 2.37 bits per heavy atom. The molecule has 0 aromatic rings. The minimum atomic E-state index is -4.13. The molecule has 0 bridgehead atoms. The maximum Gasteiger partial charge on any atom is 0.389 e. The van der Waals surface area contributed by atoms with Crippen molar-refractivity contribution in [3.05, 3.63) is 0 Å². The van der Waals surface area contributed by atoms with E-state index in [-0.39, 0.29) is 29.8 Å². The smallest absolute Gasteiger partial charge is 0.389 e. The molecule has 0 amide bonds. The molecule has 2 N–H and O–H groups in total. The molecule has 3 atom stereocenters. The van der Waals surface area contributed by atoms with Gasteiger partial charge in [-0.15, -0.1) is 0 Å². The number of carboxylic acids is 1. The van der Waals surface area contributed by atoms with Crippen molar-refractivity contribution in [2.75, 3.05) is 5.75 Å². The van der Waals surface area contributed by atoms with Gasteiger partial charge < -0.3 is 10.2 Å². The van der Waals surface area contributed by atoms with Crippen LogP contribution in [0.15, 0.2) is 0 Å². The van der Waals surface area contributed by atoms with Gasteiger partial charge in [-0.2, -0.15) is 24.9 Å². The number of unbranched alkanes of at least 4 members (excludes halogenated alkanes) is 4. The van der Waals surface area contributed by atoms with E-state index in [1.807, 2.05) is 13.8 Å². The summed E-state index contributed by atoms with van der Waals surface area (Å²) in [5.74, 6) is -0.0194. The number of aliphatic hydroxyl groups is 1. The number of Topliss-reactive ketones (excluding diaryl/α,β-unsaturated/α-hetero) is 1. The Morgan fingerprint density at radius 2 is 1.73 bits per heavy atom. The van der Waals surface area contributed by atoms with Crippen molar-refractivity contribution < 1.29 is 33.0 Å². The molecule has 8 heteroatoms. The standard InChI is InChI=1S/C22H37F3O4S/c1-21(2,13-7-8-14-22(23,24)25)19(27)15-30-18-12-11-17(26)16(18)9-5-3-4-6-10-20(28)29/h16,18-19,27H,3-15H2,1-2H3,(H,28,29). The predicted octanol–water partition coefficient (Wildman–Crippen LogP) is 6.00. The van der Waals surface area contributed by atoms with Crippen LogP contribution in [0.3, 0.4) is 0 Å². The number of hydrogen-bond donors (Lipinski definition) is 2. The highest BCUT2D eigenvalue weighted by molar-refractivity contribution is 8.00. The van der Waals surface area contributed by atoms with Crippen molar-refractivity contribution in [3.8, 4) is 0 Å². The number of carbonyl (C=O) groups is 2. The third-order valence-corrected chi connectivity index (χ3v) is 7.60. The van der Waals surface area contributed by atoms with Gasteiger partial charge in [0.05, 0.1) is 6.10 Å². The van der Waals surface area contributed by atoms with Crippen molar-refractivity contribution in [1.82, 2.24) is 0 Å². The molecular weight excluding hydrogens is 417 g/mol. The second kappa shape index (κ2) is 12.9. The van der Waals surface area contributed by atoms with Gasteiger partial charge in [-0.3, -0.25) is 9.59 Å². The number of aliphatic hydroxyl groups excluding tert-OH is 1. The average Bonchev–Trinajstić information content (AvgIpc) is 2.98. The van der Waals surface area contributed by atoms with Gasteiger partial charge in [0, 0.05) is 36.2 Å². The zero-order valence-corrected chi connectivity index (χ0v) is 19.0. The first kappa shape index (κ1) is 27.3. The number of aliphatic carboxylic acids is 1. The lowest BCUT2D eigenvalue weighted by atomic mass is 9.82. The van der Waals surface area contributed by atoms with Gasteiger partial charge in [-0.25, -0.2) is 0 Å². The minimum absolute atomic E-state index is 0.00317. The number of halogens is 3. The Balaban J connectivity index is 2.33. The van der Waals surface area contributed by atoms with Crippen LogP contribution in [0.25, 0.3) is 0 Å². The fraction of sp³-hybridized carbons (Fsp3) is 0.909. The zero-order chi connectivity index (χ0) is 22.8. The van der Waals surface area contributed by atoms with Crippen molar-refractivity contribution in [1.29, 1.82) is 0 Å². The van der Waals surface area contributed by atoms with Crippen LogP contribution in [-0.4, -0.2) is 45.2 Å². The summed E-state index contributed by atoms with van der Waals surface area (Å²) < 4.78 is 36.8. The molecule has 0 spiro atoms. The molecule has 4 nitrogen and oxygen atoms in total. The Kier molecular flexibility index (Phi) is 11.8. The third kappa shape index (κ3) is 11.0. The fourth-order valence-electron chi connectivity index (χ4n) is 3.93. The number of thioether (sulfide) groups is 1. The average molecular weight is 455 g/mol. The molecule has 1 rings (SSSR count). The first-order valence-electron chi connectivity index (χ1n) is 11.0. The van der Waals surface area contributed by atoms with Gasteiger partial charge >= 0.3 is 12.1 Å². The van der Waals surface area contributed by atoms with E-state index in [2.05, 4.69) is 0 Å². The van der Waals surface area contributed by atoms with Crippen molar-refractivity contribution >= 4 is 23.5 Å². The summed E-state index contributed by atoms with van der Waals surface area (Å²) in [6, 6.07) is 0. The van der Waals surface area contributed by atoms with Gasteiger partial charge in [-0.1, -0.05) is 39.5 Å². The Labute approximate surface area is 182 Å².